The summed E-state index contributed by atoms with van der Waals surface area (Å²) in [5, 5.41) is 3.37. The lowest BCUT2D eigenvalue weighted by molar-refractivity contribution is 0.102. The molecule has 0 heterocycles. The van der Waals surface area contributed by atoms with Crippen LogP contribution < -0.4 is 10.0 Å². The van der Waals surface area contributed by atoms with Gasteiger partial charge in [0.15, 0.2) is 0 Å². The minimum atomic E-state index is -3.74. The zero-order valence-corrected chi connectivity index (χ0v) is 15.8. The van der Waals surface area contributed by atoms with Crippen molar-refractivity contribution < 1.29 is 22.0 Å². The predicted octanol–water partition coefficient (Wildman–Crippen LogP) is 4.63. The van der Waals surface area contributed by atoms with Gasteiger partial charge >= 0.3 is 0 Å². The average molecular weight is 414 g/mol. The first kappa shape index (κ1) is 20.2. The van der Waals surface area contributed by atoms with Gasteiger partial charge in [-0.2, -0.15) is 0 Å². The van der Waals surface area contributed by atoms with Gasteiger partial charge in [0.05, 0.1) is 11.1 Å². The first-order chi connectivity index (χ1) is 13.8. The number of anilines is 2. The van der Waals surface area contributed by atoms with E-state index >= 15 is 0 Å². The Kier molecular flexibility index (Phi) is 6.04. The van der Waals surface area contributed by atoms with E-state index in [1.807, 2.05) is 6.07 Å². The molecule has 5 nitrogen and oxygen atoms in total. The van der Waals surface area contributed by atoms with Crippen molar-refractivity contribution in [2.75, 3.05) is 10.0 Å². The highest BCUT2D eigenvalue weighted by molar-refractivity contribution is 7.95. The maximum absolute atomic E-state index is 13.6. The molecule has 0 fully saturated rings. The summed E-state index contributed by atoms with van der Waals surface area (Å²) in [5.41, 5.74) is 1.01. The molecule has 0 atom stereocenters. The Morgan fingerprint density at radius 1 is 0.897 bits per heavy atom. The summed E-state index contributed by atoms with van der Waals surface area (Å²) >= 11 is 0. The van der Waals surface area contributed by atoms with Crippen LogP contribution in [-0.4, -0.2) is 14.3 Å². The molecule has 0 saturated carbocycles. The molecular weight excluding hydrogens is 398 g/mol. The van der Waals surface area contributed by atoms with Gasteiger partial charge in [0.25, 0.3) is 15.9 Å². The van der Waals surface area contributed by atoms with Crippen molar-refractivity contribution in [3.05, 3.63) is 101 Å². The number of nitrogens with one attached hydrogen (secondary N) is 2. The number of benzene rings is 3. The molecule has 0 aromatic heterocycles. The van der Waals surface area contributed by atoms with Gasteiger partial charge in [0.2, 0.25) is 0 Å². The minimum Gasteiger partial charge on any atom is -0.319 e. The molecule has 1 amide bonds. The fourth-order valence-electron chi connectivity index (χ4n) is 2.41. The Hall–Kier alpha value is -3.52. The number of halogens is 2. The van der Waals surface area contributed by atoms with Crippen molar-refractivity contribution >= 4 is 33.4 Å². The average Bonchev–Trinajstić information content (AvgIpc) is 2.70. The lowest BCUT2D eigenvalue weighted by Gasteiger charge is -2.08. The van der Waals surface area contributed by atoms with E-state index in [2.05, 4.69) is 10.0 Å². The summed E-state index contributed by atoms with van der Waals surface area (Å²) < 4.78 is 53.2. The zero-order chi connectivity index (χ0) is 20.9. The highest BCUT2D eigenvalue weighted by Gasteiger charge is 2.11. The summed E-state index contributed by atoms with van der Waals surface area (Å²) in [7, 11) is -3.74. The van der Waals surface area contributed by atoms with Gasteiger partial charge in [-0.05, 0) is 48.0 Å². The summed E-state index contributed by atoms with van der Waals surface area (Å²) in [6.45, 7) is 0. The first-order valence-corrected chi connectivity index (χ1v) is 9.99. The quantitative estimate of drug-likeness (QED) is 0.618. The monoisotopic (exact) mass is 414 g/mol. The maximum Gasteiger partial charge on any atom is 0.255 e. The van der Waals surface area contributed by atoms with Gasteiger partial charge < -0.3 is 5.32 Å². The van der Waals surface area contributed by atoms with Gasteiger partial charge in [0, 0.05) is 17.3 Å². The molecule has 2 N–H and O–H groups in total. The number of carbonyl (C=O) groups is 1. The van der Waals surface area contributed by atoms with Crippen LogP contribution in [0.1, 0.15) is 15.9 Å². The number of hydrogen-bond acceptors (Lipinski definition) is 3. The smallest absolute Gasteiger partial charge is 0.255 e. The van der Waals surface area contributed by atoms with E-state index in [1.54, 1.807) is 24.3 Å². The third-order valence-corrected chi connectivity index (χ3v) is 4.84. The van der Waals surface area contributed by atoms with E-state index in [0.29, 0.717) is 6.07 Å². The van der Waals surface area contributed by atoms with Crippen molar-refractivity contribution in [3.63, 3.8) is 0 Å². The second-order valence-corrected chi connectivity index (χ2v) is 7.58. The molecule has 29 heavy (non-hydrogen) atoms. The molecule has 3 aromatic rings. The summed E-state index contributed by atoms with van der Waals surface area (Å²) in [5.74, 6) is -2.26. The fraction of sp³-hybridized carbons (Fsp3) is 0. The zero-order valence-electron chi connectivity index (χ0n) is 15.0. The molecule has 3 aromatic carbocycles. The lowest BCUT2D eigenvalue weighted by Crippen LogP contribution is -2.13. The highest BCUT2D eigenvalue weighted by Crippen LogP contribution is 2.18. The molecule has 0 bridgehead atoms. The Morgan fingerprint density at radius 2 is 1.59 bits per heavy atom. The van der Waals surface area contributed by atoms with Crippen LogP contribution in [0.2, 0.25) is 0 Å². The molecule has 0 spiro atoms. The van der Waals surface area contributed by atoms with Crippen molar-refractivity contribution in [2.45, 2.75) is 0 Å². The standard InChI is InChI=1S/C21H16F2N2O3S/c22-17-8-11-20(19(23)14-17)24-21(26)16-6-9-18(10-7-16)25-29(27,28)13-12-15-4-2-1-3-5-15/h1-14,25H,(H,24,26). The molecule has 0 unspecified atom stereocenters. The third-order valence-electron chi connectivity index (χ3n) is 3.83. The Labute approximate surface area is 166 Å². The normalized spacial score (nSPS) is 11.4. The molecule has 0 aliphatic heterocycles. The van der Waals surface area contributed by atoms with Crippen molar-refractivity contribution in [1.82, 2.24) is 0 Å². The van der Waals surface area contributed by atoms with Crippen molar-refractivity contribution in [2.24, 2.45) is 0 Å². The number of carbonyl (C=O) groups excluding carboxylic acids is 1. The highest BCUT2D eigenvalue weighted by atomic mass is 32.2. The Bertz CT molecular complexity index is 1150. The van der Waals surface area contributed by atoms with Gasteiger partial charge in [-0.15, -0.1) is 0 Å². The van der Waals surface area contributed by atoms with Crippen LogP contribution in [0.15, 0.2) is 78.2 Å². The van der Waals surface area contributed by atoms with Gasteiger partial charge in [-0.1, -0.05) is 30.3 Å². The van der Waals surface area contributed by atoms with E-state index in [4.69, 9.17) is 0 Å². The Morgan fingerprint density at radius 3 is 2.24 bits per heavy atom. The molecule has 0 aliphatic carbocycles. The number of rotatable bonds is 6. The van der Waals surface area contributed by atoms with E-state index in [9.17, 15) is 22.0 Å². The molecular formula is C21H16F2N2O3S. The minimum absolute atomic E-state index is 0.160. The fourth-order valence-corrected chi connectivity index (χ4v) is 3.27. The summed E-state index contributed by atoms with van der Waals surface area (Å²) in [4.78, 5) is 12.2. The second-order valence-electron chi connectivity index (χ2n) is 6.02. The largest absolute Gasteiger partial charge is 0.319 e. The summed E-state index contributed by atoms with van der Waals surface area (Å²) in [6.07, 6.45) is 1.46. The van der Waals surface area contributed by atoms with Crippen LogP contribution in [-0.2, 0) is 10.0 Å². The first-order valence-electron chi connectivity index (χ1n) is 8.45. The number of hydrogen-bond donors (Lipinski definition) is 2. The van der Waals surface area contributed by atoms with E-state index in [1.165, 1.54) is 30.3 Å². The van der Waals surface area contributed by atoms with Crippen molar-refractivity contribution in [3.8, 4) is 0 Å². The molecule has 0 radical (unpaired) electrons. The Balaban J connectivity index is 1.66. The van der Waals surface area contributed by atoms with Gasteiger partial charge in [-0.25, -0.2) is 17.2 Å². The molecule has 0 saturated heterocycles. The van der Waals surface area contributed by atoms with Gasteiger partial charge in [0.1, 0.15) is 11.6 Å². The van der Waals surface area contributed by atoms with Crippen LogP contribution >= 0.6 is 0 Å². The van der Waals surface area contributed by atoms with E-state index < -0.39 is 27.6 Å². The number of sulfonamides is 1. The van der Waals surface area contributed by atoms with Crippen LogP contribution in [0, 0.1) is 11.6 Å². The van der Waals surface area contributed by atoms with E-state index in [-0.39, 0.29) is 16.9 Å². The molecule has 3 rings (SSSR count). The van der Waals surface area contributed by atoms with Crippen LogP contribution in [0.3, 0.4) is 0 Å². The van der Waals surface area contributed by atoms with Gasteiger partial charge in [-0.3, -0.25) is 9.52 Å². The third kappa shape index (κ3) is 5.73. The van der Waals surface area contributed by atoms with Crippen LogP contribution in [0.5, 0.6) is 0 Å². The van der Waals surface area contributed by atoms with E-state index in [0.717, 1.165) is 23.1 Å². The lowest BCUT2D eigenvalue weighted by atomic mass is 10.2. The SMILES string of the molecule is O=C(Nc1ccc(F)cc1F)c1ccc(NS(=O)(=O)C=Cc2ccccc2)cc1. The topological polar surface area (TPSA) is 75.3 Å². The van der Waals surface area contributed by atoms with Crippen LogP contribution in [0.25, 0.3) is 6.08 Å². The second kappa shape index (κ2) is 8.66. The van der Waals surface area contributed by atoms with Crippen molar-refractivity contribution in [1.29, 1.82) is 0 Å². The molecule has 148 valence electrons. The maximum atomic E-state index is 13.6. The molecule has 0 aliphatic rings. The predicted molar refractivity (Wildman–Crippen MR) is 109 cm³/mol. The molecule has 8 heteroatoms. The number of amides is 1. The van der Waals surface area contributed by atoms with Crippen LogP contribution in [0.4, 0.5) is 20.2 Å². The summed E-state index contributed by atoms with van der Waals surface area (Å²) in [6, 6.07) is 17.3.